The van der Waals surface area contributed by atoms with Crippen LogP contribution in [0.4, 0.5) is 0 Å². The van der Waals surface area contributed by atoms with Crippen molar-refractivity contribution in [3.63, 3.8) is 0 Å². The molecule has 1 atom stereocenters. The maximum Gasteiger partial charge on any atom is 0.169 e. The molecule has 4 heteroatoms. The summed E-state index contributed by atoms with van der Waals surface area (Å²) in [5, 5.41) is 3.34. The standard InChI is InChI=1S/C12H21NO3/c1-4-15-12(16-5-2)8-13-10(3)11-6-7-14-9-11/h6-7,9-10,12-13H,4-5,8H2,1-3H3. The third kappa shape index (κ3) is 4.35. The summed E-state index contributed by atoms with van der Waals surface area (Å²) in [6.45, 7) is 8.00. The summed E-state index contributed by atoms with van der Waals surface area (Å²) in [4.78, 5) is 0. The number of nitrogens with one attached hydrogen (secondary N) is 1. The van der Waals surface area contributed by atoms with Gasteiger partial charge in [0, 0.05) is 31.4 Å². The van der Waals surface area contributed by atoms with Gasteiger partial charge >= 0.3 is 0 Å². The predicted molar refractivity (Wildman–Crippen MR) is 62.2 cm³/mol. The summed E-state index contributed by atoms with van der Waals surface area (Å²) in [5.41, 5.74) is 1.13. The van der Waals surface area contributed by atoms with Crippen LogP contribution in [0.1, 0.15) is 32.4 Å². The van der Waals surface area contributed by atoms with Crippen LogP contribution < -0.4 is 5.32 Å². The summed E-state index contributed by atoms with van der Waals surface area (Å²) >= 11 is 0. The second-order valence-corrected chi connectivity index (χ2v) is 3.53. The fourth-order valence-electron chi connectivity index (χ4n) is 1.45. The van der Waals surface area contributed by atoms with E-state index < -0.39 is 0 Å². The largest absolute Gasteiger partial charge is 0.472 e. The van der Waals surface area contributed by atoms with Gasteiger partial charge in [-0.3, -0.25) is 0 Å². The van der Waals surface area contributed by atoms with Crippen LogP contribution in [0, 0.1) is 0 Å². The second-order valence-electron chi connectivity index (χ2n) is 3.53. The lowest BCUT2D eigenvalue weighted by molar-refractivity contribution is -0.133. The number of hydrogen-bond donors (Lipinski definition) is 1. The molecule has 0 radical (unpaired) electrons. The topological polar surface area (TPSA) is 43.6 Å². The molecule has 16 heavy (non-hydrogen) atoms. The van der Waals surface area contributed by atoms with Crippen molar-refractivity contribution in [2.24, 2.45) is 0 Å². The van der Waals surface area contributed by atoms with Gasteiger partial charge in [-0.05, 0) is 26.8 Å². The molecule has 1 aromatic rings. The maximum absolute atomic E-state index is 5.44. The van der Waals surface area contributed by atoms with Crippen LogP contribution in [-0.2, 0) is 9.47 Å². The number of ether oxygens (including phenoxy) is 2. The van der Waals surface area contributed by atoms with Gasteiger partial charge in [-0.1, -0.05) is 0 Å². The highest BCUT2D eigenvalue weighted by Gasteiger charge is 2.11. The molecule has 0 aliphatic heterocycles. The first-order chi connectivity index (χ1) is 7.77. The molecule has 0 aromatic carbocycles. The molecule has 1 unspecified atom stereocenters. The smallest absolute Gasteiger partial charge is 0.169 e. The fraction of sp³-hybridized carbons (Fsp3) is 0.667. The molecule has 0 saturated carbocycles. The number of hydrogen-bond acceptors (Lipinski definition) is 4. The molecule has 1 rings (SSSR count). The molecule has 92 valence electrons. The minimum Gasteiger partial charge on any atom is -0.472 e. The Morgan fingerprint density at radius 1 is 1.31 bits per heavy atom. The van der Waals surface area contributed by atoms with Crippen molar-refractivity contribution in [2.45, 2.75) is 33.1 Å². The lowest BCUT2D eigenvalue weighted by Gasteiger charge is -2.20. The van der Waals surface area contributed by atoms with E-state index in [1.54, 1.807) is 12.5 Å². The van der Waals surface area contributed by atoms with Crippen LogP contribution in [-0.4, -0.2) is 26.0 Å². The molecular formula is C12H21NO3. The van der Waals surface area contributed by atoms with E-state index in [0.29, 0.717) is 19.8 Å². The highest BCUT2D eigenvalue weighted by molar-refractivity contribution is 5.10. The first-order valence-corrected chi connectivity index (χ1v) is 5.76. The summed E-state index contributed by atoms with van der Waals surface area (Å²) in [6, 6.07) is 2.19. The number of rotatable bonds is 8. The lowest BCUT2D eigenvalue weighted by atomic mass is 10.2. The summed E-state index contributed by atoms with van der Waals surface area (Å²) in [6.07, 6.45) is 3.24. The van der Waals surface area contributed by atoms with Gasteiger partial charge in [0.15, 0.2) is 6.29 Å². The first kappa shape index (κ1) is 13.2. The van der Waals surface area contributed by atoms with Gasteiger partial charge in [-0.25, -0.2) is 0 Å². The van der Waals surface area contributed by atoms with Crippen molar-refractivity contribution in [3.05, 3.63) is 24.2 Å². The molecule has 0 spiro atoms. The van der Waals surface area contributed by atoms with Crippen molar-refractivity contribution in [1.29, 1.82) is 0 Å². The van der Waals surface area contributed by atoms with E-state index in [4.69, 9.17) is 13.9 Å². The fourth-order valence-corrected chi connectivity index (χ4v) is 1.45. The van der Waals surface area contributed by atoms with Crippen molar-refractivity contribution in [3.8, 4) is 0 Å². The van der Waals surface area contributed by atoms with E-state index in [1.807, 2.05) is 19.9 Å². The minimum absolute atomic E-state index is 0.177. The summed E-state index contributed by atoms with van der Waals surface area (Å²) < 4.78 is 15.9. The Kier molecular flexibility index (Phi) is 6.15. The highest BCUT2D eigenvalue weighted by atomic mass is 16.7. The Morgan fingerprint density at radius 2 is 2.00 bits per heavy atom. The van der Waals surface area contributed by atoms with Gasteiger partial charge in [-0.2, -0.15) is 0 Å². The van der Waals surface area contributed by atoms with Crippen LogP contribution in [0.2, 0.25) is 0 Å². The van der Waals surface area contributed by atoms with E-state index in [1.165, 1.54) is 0 Å². The zero-order valence-electron chi connectivity index (χ0n) is 10.2. The van der Waals surface area contributed by atoms with Gasteiger partial charge in [-0.15, -0.1) is 0 Å². The van der Waals surface area contributed by atoms with Crippen molar-refractivity contribution >= 4 is 0 Å². The van der Waals surface area contributed by atoms with Crippen LogP contribution in [0.5, 0.6) is 0 Å². The quantitative estimate of drug-likeness (QED) is 0.692. The molecule has 0 saturated heterocycles. The van der Waals surface area contributed by atoms with Gasteiger partial charge in [0.05, 0.1) is 12.5 Å². The van der Waals surface area contributed by atoms with E-state index in [-0.39, 0.29) is 12.3 Å². The monoisotopic (exact) mass is 227 g/mol. The van der Waals surface area contributed by atoms with E-state index in [2.05, 4.69) is 12.2 Å². The lowest BCUT2D eigenvalue weighted by Crippen LogP contribution is -2.33. The summed E-state index contributed by atoms with van der Waals surface area (Å²) in [5.74, 6) is 0. The Morgan fingerprint density at radius 3 is 2.50 bits per heavy atom. The molecule has 1 N–H and O–H groups in total. The van der Waals surface area contributed by atoms with Crippen LogP contribution >= 0.6 is 0 Å². The molecule has 0 amide bonds. The van der Waals surface area contributed by atoms with Crippen molar-refractivity contribution in [2.75, 3.05) is 19.8 Å². The van der Waals surface area contributed by atoms with Crippen LogP contribution in [0.25, 0.3) is 0 Å². The number of furan rings is 1. The van der Waals surface area contributed by atoms with Crippen molar-refractivity contribution in [1.82, 2.24) is 5.32 Å². The van der Waals surface area contributed by atoms with E-state index >= 15 is 0 Å². The first-order valence-electron chi connectivity index (χ1n) is 5.76. The Balaban J connectivity index is 2.30. The Labute approximate surface area is 96.9 Å². The third-order valence-electron chi connectivity index (χ3n) is 2.34. The van der Waals surface area contributed by atoms with E-state index in [9.17, 15) is 0 Å². The molecule has 4 nitrogen and oxygen atoms in total. The molecule has 0 aliphatic carbocycles. The van der Waals surface area contributed by atoms with Gasteiger partial charge in [0.25, 0.3) is 0 Å². The van der Waals surface area contributed by atoms with Crippen LogP contribution in [0.15, 0.2) is 23.0 Å². The van der Waals surface area contributed by atoms with Gasteiger partial charge in [0.1, 0.15) is 0 Å². The summed E-state index contributed by atoms with van der Waals surface area (Å²) in [7, 11) is 0. The molecule has 1 heterocycles. The van der Waals surface area contributed by atoms with Crippen LogP contribution in [0.3, 0.4) is 0 Å². The van der Waals surface area contributed by atoms with E-state index in [0.717, 1.165) is 5.56 Å². The Bertz CT molecular complexity index is 255. The predicted octanol–water partition coefficient (Wildman–Crippen LogP) is 2.33. The maximum atomic E-state index is 5.44. The zero-order valence-corrected chi connectivity index (χ0v) is 10.2. The average Bonchev–Trinajstić information content (AvgIpc) is 2.79. The highest BCUT2D eigenvalue weighted by Crippen LogP contribution is 2.12. The SMILES string of the molecule is CCOC(CNC(C)c1ccoc1)OCC. The average molecular weight is 227 g/mol. The zero-order chi connectivity index (χ0) is 11.8. The molecular weight excluding hydrogens is 206 g/mol. The Hall–Kier alpha value is -0.840. The van der Waals surface area contributed by atoms with Crippen molar-refractivity contribution < 1.29 is 13.9 Å². The second kappa shape index (κ2) is 7.44. The molecule has 0 fully saturated rings. The van der Waals surface area contributed by atoms with Gasteiger partial charge in [0.2, 0.25) is 0 Å². The van der Waals surface area contributed by atoms with Gasteiger partial charge < -0.3 is 19.2 Å². The normalized spacial score (nSPS) is 13.2. The minimum atomic E-state index is -0.177. The molecule has 0 bridgehead atoms. The third-order valence-corrected chi connectivity index (χ3v) is 2.34. The molecule has 1 aromatic heterocycles. The molecule has 0 aliphatic rings.